The van der Waals surface area contributed by atoms with E-state index in [0.29, 0.717) is 5.92 Å². The molecule has 3 heteroatoms. The third kappa shape index (κ3) is 2.40. The van der Waals surface area contributed by atoms with Gasteiger partial charge in [-0.05, 0) is 38.1 Å². The molecular weight excluding hydrogens is 200 g/mol. The maximum atomic E-state index is 12.1. The first kappa shape index (κ1) is 11.9. The van der Waals surface area contributed by atoms with Crippen LogP contribution in [0.25, 0.3) is 0 Å². The van der Waals surface area contributed by atoms with Crippen molar-refractivity contribution in [1.29, 1.82) is 0 Å². The molecule has 3 nitrogen and oxygen atoms in total. The zero-order valence-corrected chi connectivity index (χ0v) is 10.5. The lowest BCUT2D eigenvalue weighted by atomic mass is 9.88. The highest BCUT2D eigenvalue weighted by Gasteiger charge is 2.36. The van der Waals surface area contributed by atoms with Gasteiger partial charge in [0.2, 0.25) is 5.91 Å². The van der Waals surface area contributed by atoms with E-state index in [-0.39, 0.29) is 11.3 Å². The quantitative estimate of drug-likeness (QED) is 0.763. The maximum Gasteiger partial charge on any atom is 0.227 e. The van der Waals surface area contributed by atoms with Crippen LogP contribution in [0.1, 0.15) is 39.5 Å². The Balaban J connectivity index is 1.79. The fourth-order valence-corrected chi connectivity index (χ4v) is 2.97. The van der Waals surface area contributed by atoms with Crippen LogP contribution < -0.4 is 10.6 Å². The van der Waals surface area contributed by atoms with E-state index in [2.05, 4.69) is 24.5 Å². The Morgan fingerprint density at radius 3 is 2.88 bits per heavy atom. The van der Waals surface area contributed by atoms with Gasteiger partial charge in [-0.15, -0.1) is 0 Å². The molecule has 16 heavy (non-hydrogen) atoms. The van der Waals surface area contributed by atoms with Crippen LogP contribution in [0.2, 0.25) is 0 Å². The van der Waals surface area contributed by atoms with Gasteiger partial charge in [0.15, 0.2) is 0 Å². The number of amides is 1. The highest BCUT2D eigenvalue weighted by atomic mass is 16.2. The van der Waals surface area contributed by atoms with Crippen molar-refractivity contribution in [2.45, 2.75) is 39.5 Å². The van der Waals surface area contributed by atoms with E-state index >= 15 is 0 Å². The van der Waals surface area contributed by atoms with Gasteiger partial charge in [-0.1, -0.05) is 19.8 Å². The highest BCUT2D eigenvalue weighted by molar-refractivity contribution is 5.82. The molecular formula is C13H24N2O. The van der Waals surface area contributed by atoms with Crippen LogP contribution in [0.3, 0.4) is 0 Å². The Morgan fingerprint density at radius 1 is 1.50 bits per heavy atom. The predicted molar refractivity (Wildman–Crippen MR) is 65.1 cm³/mol. The van der Waals surface area contributed by atoms with E-state index in [1.54, 1.807) is 0 Å². The number of carbonyl (C=O) groups is 1. The average molecular weight is 224 g/mol. The summed E-state index contributed by atoms with van der Waals surface area (Å²) in [5.41, 5.74) is -0.165. The summed E-state index contributed by atoms with van der Waals surface area (Å²) in [4.78, 5) is 12.1. The average Bonchev–Trinajstić information content (AvgIpc) is 2.85. The van der Waals surface area contributed by atoms with Gasteiger partial charge in [0.25, 0.3) is 0 Å². The molecule has 0 radical (unpaired) electrons. The molecule has 2 rings (SSSR count). The lowest BCUT2D eigenvalue weighted by Gasteiger charge is -2.24. The summed E-state index contributed by atoms with van der Waals surface area (Å²) in [6.07, 6.45) is 4.93. The molecule has 3 unspecified atom stereocenters. The van der Waals surface area contributed by atoms with E-state index < -0.39 is 0 Å². The third-order valence-electron chi connectivity index (χ3n) is 4.48. The molecule has 1 aliphatic heterocycles. The van der Waals surface area contributed by atoms with E-state index in [1.807, 2.05) is 0 Å². The third-order valence-corrected chi connectivity index (χ3v) is 4.48. The first-order chi connectivity index (χ1) is 7.62. The van der Waals surface area contributed by atoms with Crippen molar-refractivity contribution in [2.75, 3.05) is 19.6 Å². The first-order valence-corrected chi connectivity index (χ1v) is 6.61. The Hall–Kier alpha value is -0.570. The maximum absolute atomic E-state index is 12.1. The largest absolute Gasteiger partial charge is 0.355 e. The second-order valence-electron chi connectivity index (χ2n) is 5.87. The summed E-state index contributed by atoms with van der Waals surface area (Å²) in [5.74, 6) is 1.74. The lowest BCUT2D eigenvalue weighted by Crippen LogP contribution is -2.42. The van der Waals surface area contributed by atoms with Crippen molar-refractivity contribution in [2.24, 2.45) is 17.3 Å². The fraction of sp³-hybridized carbons (Fsp3) is 0.923. The molecule has 1 aliphatic carbocycles. The number of hydrogen-bond donors (Lipinski definition) is 2. The minimum Gasteiger partial charge on any atom is -0.355 e. The van der Waals surface area contributed by atoms with Crippen molar-refractivity contribution in [3.8, 4) is 0 Å². The summed E-state index contributed by atoms with van der Waals surface area (Å²) < 4.78 is 0. The molecule has 1 amide bonds. The fourth-order valence-electron chi connectivity index (χ4n) is 2.97. The van der Waals surface area contributed by atoms with Crippen LogP contribution in [0.4, 0.5) is 0 Å². The monoisotopic (exact) mass is 224 g/mol. The van der Waals surface area contributed by atoms with Crippen LogP contribution >= 0.6 is 0 Å². The molecule has 2 fully saturated rings. The number of rotatable bonds is 3. The van der Waals surface area contributed by atoms with Gasteiger partial charge in [0.05, 0.1) is 5.41 Å². The van der Waals surface area contributed by atoms with Crippen molar-refractivity contribution in [3.05, 3.63) is 0 Å². The Bertz CT molecular complexity index is 259. The van der Waals surface area contributed by atoms with Gasteiger partial charge in [-0.2, -0.15) is 0 Å². The lowest BCUT2D eigenvalue weighted by molar-refractivity contribution is -0.129. The van der Waals surface area contributed by atoms with Crippen LogP contribution in [-0.2, 0) is 4.79 Å². The zero-order chi connectivity index (χ0) is 11.6. The van der Waals surface area contributed by atoms with Crippen molar-refractivity contribution >= 4 is 5.91 Å². The Labute approximate surface area is 98.4 Å². The van der Waals surface area contributed by atoms with Crippen molar-refractivity contribution < 1.29 is 4.79 Å². The second kappa shape index (κ2) is 4.74. The minimum atomic E-state index is -0.165. The standard InChI is InChI=1S/C13H24N2O/c1-10-4-3-5-11(10)8-15-12(16)13(2)6-7-14-9-13/h10-11,14H,3-9H2,1-2H3,(H,15,16). The summed E-state index contributed by atoms with van der Waals surface area (Å²) in [6.45, 7) is 7.07. The summed E-state index contributed by atoms with van der Waals surface area (Å²) in [6, 6.07) is 0. The predicted octanol–water partition coefficient (Wildman–Crippen LogP) is 1.54. The molecule has 1 saturated carbocycles. The summed E-state index contributed by atoms with van der Waals surface area (Å²) >= 11 is 0. The van der Waals surface area contributed by atoms with Crippen LogP contribution in [0.15, 0.2) is 0 Å². The first-order valence-electron chi connectivity index (χ1n) is 6.61. The van der Waals surface area contributed by atoms with Gasteiger partial charge in [0, 0.05) is 13.1 Å². The Morgan fingerprint density at radius 2 is 2.31 bits per heavy atom. The van der Waals surface area contributed by atoms with Gasteiger partial charge < -0.3 is 10.6 Å². The van der Waals surface area contributed by atoms with Gasteiger partial charge in [-0.3, -0.25) is 4.79 Å². The number of nitrogens with one attached hydrogen (secondary N) is 2. The van der Waals surface area contributed by atoms with Crippen LogP contribution in [0, 0.1) is 17.3 Å². The number of hydrogen-bond acceptors (Lipinski definition) is 2. The Kier molecular flexibility index (Phi) is 3.53. The highest BCUT2D eigenvalue weighted by Crippen LogP contribution is 2.31. The molecule has 3 atom stereocenters. The van der Waals surface area contributed by atoms with Crippen molar-refractivity contribution in [3.63, 3.8) is 0 Å². The molecule has 0 aromatic rings. The van der Waals surface area contributed by atoms with Crippen LogP contribution in [-0.4, -0.2) is 25.5 Å². The molecule has 0 spiro atoms. The molecule has 0 bridgehead atoms. The van der Waals surface area contributed by atoms with E-state index in [0.717, 1.165) is 32.0 Å². The van der Waals surface area contributed by atoms with Gasteiger partial charge in [0.1, 0.15) is 0 Å². The molecule has 1 heterocycles. The van der Waals surface area contributed by atoms with E-state index in [4.69, 9.17) is 0 Å². The number of carbonyl (C=O) groups excluding carboxylic acids is 1. The smallest absolute Gasteiger partial charge is 0.227 e. The molecule has 0 aromatic heterocycles. The zero-order valence-electron chi connectivity index (χ0n) is 10.5. The normalized spacial score (nSPS) is 38.9. The minimum absolute atomic E-state index is 0.165. The molecule has 0 aromatic carbocycles. The SMILES string of the molecule is CC1CCCC1CNC(=O)C1(C)CCNC1. The topological polar surface area (TPSA) is 41.1 Å². The van der Waals surface area contributed by atoms with Gasteiger partial charge in [-0.25, -0.2) is 0 Å². The van der Waals surface area contributed by atoms with Crippen LogP contribution in [0.5, 0.6) is 0 Å². The second-order valence-corrected chi connectivity index (χ2v) is 5.87. The molecule has 2 aliphatic rings. The van der Waals surface area contributed by atoms with E-state index in [9.17, 15) is 4.79 Å². The van der Waals surface area contributed by atoms with Gasteiger partial charge >= 0.3 is 0 Å². The summed E-state index contributed by atoms with van der Waals surface area (Å²) in [5, 5.41) is 6.43. The van der Waals surface area contributed by atoms with E-state index in [1.165, 1.54) is 19.3 Å². The van der Waals surface area contributed by atoms with Crippen molar-refractivity contribution in [1.82, 2.24) is 10.6 Å². The molecule has 1 saturated heterocycles. The molecule has 92 valence electrons. The molecule has 2 N–H and O–H groups in total. The summed E-state index contributed by atoms with van der Waals surface area (Å²) in [7, 11) is 0.